The smallest absolute Gasteiger partial charge is 0.291 e. The fourth-order valence-corrected chi connectivity index (χ4v) is 5.72. The van der Waals surface area contributed by atoms with E-state index in [9.17, 15) is 18.8 Å². The maximum Gasteiger partial charge on any atom is 0.291 e. The van der Waals surface area contributed by atoms with Gasteiger partial charge in [-0.25, -0.2) is 13.8 Å². The van der Waals surface area contributed by atoms with Crippen LogP contribution in [0.15, 0.2) is 16.6 Å². The topological polar surface area (TPSA) is 71.2 Å². The summed E-state index contributed by atoms with van der Waals surface area (Å²) in [5.41, 5.74) is 2.32. The lowest BCUT2D eigenvalue weighted by Crippen LogP contribution is -2.45. The zero-order valence-electron chi connectivity index (χ0n) is 17.9. The van der Waals surface area contributed by atoms with Crippen LogP contribution < -0.4 is 4.74 Å². The third-order valence-electron chi connectivity index (χ3n) is 7.03. The number of ether oxygens (including phenoxy) is 1. The molecule has 0 radical (unpaired) electrons. The Bertz CT molecular complexity index is 1160. The second-order valence-corrected chi connectivity index (χ2v) is 9.98. The van der Waals surface area contributed by atoms with Crippen LogP contribution >= 0.6 is 15.9 Å². The van der Waals surface area contributed by atoms with Crippen LogP contribution in [0.1, 0.15) is 60.4 Å². The Hall–Kier alpha value is -2.47. The quantitative estimate of drug-likeness (QED) is 0.595. The SMILES string of the molecule is COc1cc2c(cc1Br)-c1c(C3CC(F)(F)C3)nc(C(=O)N3CCC[C@]3(C)C#N)n1CC2. The zero-order chi connectivity index (χ0) is 22.8. The number of imidazole rings is 1. The fraction of sp³-hybridized carbons (Fsp3) is 0.522. The number of carbonyl (C=O) groups excluding carboxylic acids is 1. The summed E-state index contributed by atoms with van der Waals surface area (Å²) >= 11 is 3.53. The first kappa shape index (κ1) is 21.4. The number of aromatic nitrogens is 2. The summed E-state index contributed by atoms with van der Waals surface area (Å²) in [6.45, 7) is 2.77. The maximum absolute atomic E-state index is 13.8. The van der Waals surface area contributed by atoms with Gasteiger partial charge < -0.3 is 14.2 Å². The van der Waals surface area contributed by atoms with Crippen molar-refractivity contribution in [3.63, 3.8) is 0 Å². The number of amides is 1. The average Bonchev–Trinajstić information content (AvgIpc) is 3.32. The molecule has 9 heteroatoms. The Morgan fingerprint density at radius 3 is 2.75 bits per heavy atom. The van der Waals surface area contributed by atoms with E-state index in [0.29, 0.717) is 37.4 Å². The van der Waals surface area contributed by atoms with Crippen molar-refractivity contribution in [2.24, 2.45) is 0 Å². The van der Waals surface area contributed by atoms with E-state index in [1.165, 1.54) is 0 Å². The van der Waals surface area contributed by atoms with Gasteiger partial charge in [-0.05, 0) is 59.8 Å². The monoisotopic (exact) mass is 504 g/mol. The van der Waals surface area contributed by atoms with Crippen LogP contribution in [0, 0.1) is 11.3 Å². The first-order chi connectivity index (χ1) is 15.2. The molecule has 0 N–H and O–H groups in total. The molecule has 3 aliphatic rings. The van der Waals surface area contributed by atoms with E-state index < -0.39 is 17.4 Å². The predicted molar refractivity (Wildman–Crippen MR) is 117 cm³/mol. The second-order valence-electron chi connectivity index (χ2n) is 9.12. The van der Waals surface area contributed by atoms with Gasteiger partial charge in [0.2, 0.25) is 5.92 Å². The summed E-state index contributed by atoms with van der Waals surface area (Å²) in [6.07, 6.45) is 1.49. The number of nitrogens with zero attached hydrogens (tertiary/aromatic N) is 4. The minimum Gasteiger partial charge on any atom is -0.496 e. The van der Waals surface area contributed by atoms with Crippen LogP contribution in [0.4, 0.5) is 8.78 Å². The number of hydrogen-bond donors (Lipinski definition) is 0. The van der Waals surface area contributed by atoms with Crippen molar-refractivity contribution in [1.29, 1.82) is 5.26 Å². The molecule has 168 valence electrons. The molecule has 0 bridgehead atoms. The molecule has 1 saturated heterocycles. The van der Waals surface area contributed by atoms with Gasteiger partial charge in [-0.3, -0.25) is 4.79 Å². The minimum absolute atomic E-state index is 0.242. The molecular formula is C23H23BrF2N4O2. The molecule has 6 nitrogen and oxygen atoms in total. The summed E-state index contributed by atoms with van der Waals surface area (Å²) in [5, 5.41) is 9.67. The van der Waals surface area contributed by atoms with Crippen LogP contribution in [0.3, 0.4) is 0 Å². The summed E-state index contributed by atoms with van der Waals surface area (Å²) in [6, 6.07) is 6.14. The number of rotatable bonds is 3. The normalized spacial score (nSPS) is 23.8. The Kier molecular flexibility index (Phi) is 4.86. The molecule has 5 rings (SSSR count). The van der Waals surface area contributed by atoms with E-state index in [0.717, 1.165) is 27.7 Å². The average molecular weight is 505 g/mol. The van der Waals surface area contributed by atoms with Gasteiger partial charge in [-0.1, -0.05) is 0 Å². The number of carbonyl (C=O) groups is 1. The van der Waals surface area contributed by atoms with Crippen molar-refractivity contribution in [3.8, 4) is 23.1 Å². The lowest BCUT2D eigenvalue weighted by Gasteiger charge is -2.35. The van der Waals surface area contributed by atoms with Gasteiger partial charge in [-0.15, -0.1) is 0 Å². The van der Waals surface area contributed by atoms with Crippen LogP contribution in [-0.4, -0.2) is 45.5 Å². The van der Waals surface area contributed by atoms with Crippen molar-refractivity contribution in [2.45, 2.75) is 63.0 Å². The van der Waals surface area contributed by atoms with Crippen LogP contribution in [0.25, 0.3) is 11.3 Å². The number of hydrogen-bond acceptors (Lipinski definition) is 4. The molecule has 3 heterocycles. The molecule has 1 saturated carbocycles. The standard InChI is InChI=1S/C23H23BrF2N4O2/c1-22(12-27)5-3-6-30(22)21(31)20-28-18(14-10-23(25,26)11-14)19-15-9-16(24)17(32-2)8-13(15)4-7-29(19)20/h8-9,14H,3-7,10-11H2,1-2H3/t22-/m1/s1. The highest BCUT2D eigenvalue weighted by atomic mass is 79.9. The number of aryl methyl sites for hydroxylation is 1. The number of methoxy groups -OCH3 is 1. The Labute approximate surface area is 193 Å². The number of nitriles is 1. The van der Waals surface area contributed by atoms with Crippen molar-refractivity contribution in [1.82, 2.24) is 14.5 Å². The van der Waals surface area contributed by atoms with Crippen LogP contribution in [0.2, 0.25) is 0 Å². The number of halogens is 3. The molecule has 2 aliphatic heterocycles. The highest BCUT2D eigenvalue weighted by Gasteiger charge is 2.49. The molecule has 1 atom stereocenters. The largest absolute Gasteiger partial charge is 0.496 e. The molecule has 2 aromatic rings. The van der Waals surface area contributed by atoms with Crippen molar-refractivity contribution in [2.75, 3.05) is 13.7 Å². The maximum atomic E-state index is 13.8. The lowest BCUT2D eigenvalue weighted by molar-refractivity contribution is -0.0874. The number of benzene rings is 1. The molecule has 0 spiro atoms. The van der Waals surface area contributed by atoms with Gasteiger partial charge in [0, 0.05) is 37.4 Å². The van der Waals surface area contributed by atoms with Gasteiger partial charge in [0.05, 0.1) is 29.0 Å². The predicted octanol–water partition coefficient (Wildman–Crippen LogP) is 4.91. The lowest BCUT2D eigenvalue weighted by atomic mass is 9.77. The number of fused-ring (bicyclic) bond motifs is 3. The summed E-state index contributed by atoms with van der Waals surface area (Å²) in [7, 11) is 1.60. The molecule has 1 amide bonds. The van der Waals surface area contributed by atoms with Gasteiger partial charge in [0.15, 0.2) is 5.82 Å². The molecule has 2 fully saturated rings. The molecule has 1 aromatic carbocycles. The molecule has 32 heavy (non-hydrogen) atoms. The Morgan fingerprint density at radius 1 is 1.34 bits per heavy atom. The summed E-state index contributed by atoms with van der Waals surface area (Å²) < 4.78 is 35.5. The first-order valence-corrected chi connectivity index (χ1v) is 11.5. The van der Waals surface area contributed by atoms with E-state index in [-0.39, 0.29) is 24.6 Å². The fourth-order valence-electron chi connectivity index (χ4n) is 5.21. The van der Waals surface area contributed by atoms with Crippen molar-refractivity contribution < 1.29 is 18.3 Å². The zero-order valence-corrected chi connectivity index (χ0v) is 19.5. The van der Waals surface area contributed by atoms with Gasteiger partial charge >= 0.3 is 0 Å². The Balaban J connectivity index is 1.65. The summed E-state index contributed by atoms with van der Waals surface area (Å²) in [4.78, 5) is 19.8. The highest BCUT2D eigenvalue weighted by molar-refractivity contribution is 9.10. The summed E-state index contributed by atoms with van der Waals surface area (Å²) in [5.74, 6) is -2.46. The molecule has 0 unspecified atom stereocenters. The highest BCUT2D eigenvalue weighted by Crippen LogP contribution is 2.51. The van der Waals surface area contributed by atoms with Crippen molar-refractivity contribution >= 4 is 21.8 Å². The van der Waals surface area contributed by atoms with E-state index in [1.54, 1.807) is 18.9 Å². The number of likely N-dealkylation sites (tertiary alicyclic amines) is 1. The molecule has 1 aliphatic carbocycles. The molecular weight excluding hydrogens is 482 g/mol. The van der Waals surface area contributed by atoms with Gasteiger partial charge in [0.1, 0.15) is 11.3 Å². The van der Waals surface area contributed by atoms with Crippen LogP contribution in [-0.2, 0) is 13.0 Å². The number of alkyl halides is 2. The van der Waals surface area contributed by atoms with Gasteiger partial charge in [0.25, 0.3) is 5.91 Å². The third kappa shape index (κ3) is 3.14. The first-order valence-electron chi connectivity index (χ1n) is 10.8. The van der Waals surface area contributed by atoms with E-state index in [2.05, 4.69) is 27.0 Å². The second kappa shape index (κ2) is 7.27. The van der Waals surface area contributed by atoms with E-state index >= 15 is 0 Å². The van der Waals surface area contributed by atoms with Crippen molar-refractivity contribution in [3.05, 3.63) is 33.7 Å². The minimum atomic E-state index is -2.70. The third-order valence-corrected chi connectivity index (χ3v) is 7.65. The molecule has 1 aromatic heterocycles. The van der Waals surface area contributed by atoms with Crippen LogP contribution in [0.5, 0.6) is 5.75 Å². The van der Waals surface area contributed by atoms with Gasteiger partial charge in [-0.2, -0.15) is 5.26 Å². The van der Waals surface area contributed by atoms with E-state index in [1.807, 2.05) is 16.7 Å². The Morgan fingerprint density at radius 2 is 2.09 bits per heavy atom. The van der Waals surface area contributed by atoms with E-state index in [4.69, 9.17) is 4.74 Å².